The minimum absolute atomic E-state index is 0.227. The van der Waals surface area contributed by atoms with Crippen molar-refractivity contribution >= 4 is 17.3 Å². The van der Waals surface area contributed by atoms with Crippen molar-refractivity contribution in [1.82, 2.24) is 5.32 Å². The Balaban J connectivity index is 1.04. The summed E-state index contributed by atoms with van der Waals surface area (Å²) in [6.45, 7) is -0.439. The van der Waals surface area contributed by atoms with Crippen LogP contribution in [-0.2, 0) is 31.3 Å². The van der Waals surface area contributed by atoms with Gasteiger partial charge in [0.2, 0.25) is 0 Å². The van der Waals surface area contributed by atoms with E-state index in [0.717, 1.165) is 11.1 Å². The normalized spacial score (nSPS) is 16.4. The maximum atomic E-state index is 12.8. The molecule has 2 heterocycles. The molecule has 1 amide bonds. The summed E-state index contributed by atoms with van der Waals surface area (Å²) in [6.07, 6.45) is 0.115. The van der Waals surface area contributed by atoms with Crippen LogP contribution in [0.2, 0.25) is 0 Å². The average molecular weight is 700 g/mol. The molecule has 13 heteroatoms. The van der Waals surface area contributed by atoms with Crippen LogP contribution in [0.4, 0.5) is 5.69 Å². The molecule has 4 aromatic carbocycles. The molecule has 0 bridgehead atoms. The van der Waals surface area contributed by atoms with Crippen LogP contribution in [0.15, 0.2) is 71.9 Å². The molecule has 51 heavy (non-hydrogen) atoms. The molecule has 0 spiro atoms. The van der Waals surface area contributed by atoms with Gasteiger partial charge in [-0.2, -0.15) is 0 Å². The van der Waals surface area contributed by atoms with Gasteiger partial charge in [-0.15, -0.1) is 0 Å². The average Bonchev–Trinajstić information content (AvgIpc) is 3.67. The van der Waals surface area contributed by atoms with Crippen molar-refractivity contribution in [3.63, 3.8) is 0 Å². The fraction of sp³-hybridized carbons (Fsp3) is 0.316. The lowest BCUT2D eigenvalue weighted by Gasteiger charge is -2.29. The van der Waals surface area contributed by atoms with Crippen LogP contribution in [0.25, 0.3) is 0 Å². The van der Waals surface area contributed by atoms with Gasteiger partial charge in [0, 0.05) is 29.7 Å². The lowest BCUT2D eigenvalue weighted by Crippen LogP contribution is -2.38. The molecule has 0 radical (unpaired) electrons. The second kappa shape index (κ2) is 16.1. The molecule has 2 aliphatic heterocycles. The van der Waals surface area contributed by atoms with Crippen LogP contribution in [0, 0.1) is 0 Å². The second-order valence-electron chi connectivity index (χ2n) is 12.0. The highest BCUT2D eigenvalue weighted by molar-refractivity contribution is 6.02. The van der Waals surface area contributed by atoms with Crippen molar-refractivity contribution in [2.45, 2.75) is 51.5 Å². The molecular formula is C38H41N3O10. The van der Waals surface area contributed by atoms with Crippen LogP contribution >= 0.6 is 0 Å². The van der Waals surface area contributed by atoms with Gasteiger partial charge in [0.05, 0.1) is 65.1 Å². The molecule has 6 N–H and O–H groups in total. The number of hydrogen-bond donors (Lipinski definition) is 6. The number of rotatable bonds is 15. The van der Waals surface area contributed by atoms with Crippen molar-refractivity contribution in [2.24, 2.45) is 5.16 Å². The smallest absolute Gasteiger partial charge is 0.255 e. The molecule has 0 fully saturated rings. The number of nitrogens with zero attached hydrogens (tertiary/aromatic N) is 1. The number of aliphatic hydroxyl groups excluding tert-OH is 4. The first-order valence-electron chi connectivity index (χ1n) is 16.5. The van der Waals surface area contributed by atoms with E-state index in [2.05, 4.69) is 15.8 Å². The number of benzene rings is 4. The van der Waals surface area contributed by atoms with Gasteiger partial charge in [0.25, 0.3) is 5.91 Å². The molecule has 0 saturated carbocycles. The molecule has 6 rings (SSSR count). The minimum Gasteiger partial charge on any atom is -0.497 e. The Morgan fingerprint density at radius 1 is 0.745 bits per heavy atom. The van der Waals surface area contributed by atoms with Gasteiger partial charge < -0.3 is 54.8 Å². The standard InChI is InChI=1S/C38H41N3O10/c1-47-28-6-7-31-29(16-28)38(46)40-37(39-31)23-5-8-33(27(12-23)20-44)49-10-3-11-50-36-15-22(4-9-34(36)48-2)35-17-32(41-51-35)24-13-25(18-42)30(21-45)26(14-24)19-43/h4-9,12-16,35,37,39,42-45H,3,10-11,17-21H2,1-2H3,(H,40,46). The topological polar surface area (TPSA) is 181 Å². The van der Waals surface area contributed by atoms with E-state index >= 15 is 0 Å². The van der Waals surface area contributed by atoms with E-state index in [1.165, 1.54) is 0 Å². The van der Waals surface area contributed by atoms with Crippen LogP contribution in [0.3, 0.4) is 0 Å². The Kier molecular flexibility index (Phi) is 11.2. The van der Waals surface area contributed by atoms with Crippen LogP contribution in [-0.4, -0.2) is 59.5 Å². The number of ether oxygens (including phenoxy) is 4. The SMILES string of the molecule is COc1ccc2c(c1)C(=O)NC(c1ccc(OCCCOc3cc(C4CC(c5cc(CO)c(CO)c(CO)c5)=NO4)ccc3OC)c(CO)c1)N2. The Bertz CT molecular complexity index is 1890. The summed E-state index contributed by atoms with van der Waals surface area (Å²) >= 11 is 0. The summed E-state index contributed by atoms with van der Waals surface area (Å²) in [6, 6.07) is 19.7. The van der Waals surface area contributed by atoms with E-state index in [1.54, 1.807) is 62.8 Å². The maximum absolute atomic E-state index is 12.8. The van der Waals surface area contributed by atoms with E-state index in [0.29, 0.717) is 93.8 Å². The number of nitrogens with one attached hydrogen (secondary N) is 2. The summed E-state index contributed by atoms with van der Waals surface area (Å²) in [5, 5.41) is 50.0. The van der Waals surface area contributed by atoms with Crippen molar-refractivity contribution in [3.05, 3.63) is 111 Å². The van der Waals surface area contributed by atoms with Crippen LogP contribution in [0.1, 0.15) is 74.4 Å². The predicted molar refractivity (Wildman–Crippen MR) is 187 cm³/mol. The molecular weight excluding hydrogens is 658 g/mol. The summed E-state index contributed by atoms with van der Waals surface area (Å²) in [5.74, 6) is 1.99. The number of carbonyl (C=O) groups is 1. The Hall–Kier alpha value is -5.34. The zero-order valence-corrected chi connectivity index (χ0v) is 28.3. The monoisotopic (exact) mass is 699 g/mol. The molecule has 4 aromatic rings. The maximum Gasteiger partial charge on any atom is 0.255 e. The van der Waals surface area contributed by atoms with Gasteiger partial charge in [0.15, 0.2) is 17.6 Å². The first-order chi connectivity index (χ1) is 24.9. The summed E-state index contributed by atoms with van der Waals surface area (Å²) < 4.78 is 22.8. The van der Waals surface area contributed by atoms with Crippen molar-refractivity contribution < 1.29 is 49.0 Å². The van der Waals surface area contributed by atoms with Crippen molar-refractivity contribution in [1.29, 1.82) is 0 Å². The highest BCUT2D eigenvalue weighted by atomic mass is 16.6. The molecule has 0 aromatic heterocycles. The highest BCUT2D eigenvalue weighted by Crippen LogP contribution is 2.37. The summed E-state index contributed by atoms with van der Waals surface area (Å²) in [7, 11) is 3.12. The third kappa shape index (κ3) is 7.71. The van der Waals surface area contributed by atoms with Gasteiger partial charge in [-0.05, 0) is 82.4 Å². The third-order valence-corrected chi connectivity index (χ3v) is 8.93. The fourth-order valence-electron chi connectivity index (χ4n) is 6.18. The lowest BCUT2D eigenvalue weighted by atomic mass is 9.94. The van der Waals surface area contributed by atoms with Gasteiger partial charge >= 0.3 is 0 Å². The number of fused-ring (bicyclic) bond motifs is 1. The van der Waals surface area contributed by atoms with Crippen molar-refractivity contribution in [3.8, 4) is 23.0 Å². The molecule has 2 aliphatic rings. The van der Waals surface area contributed by atoms with Gasteiger partial charge in [-0.25, -0.2) is 0 Å². The third-order valence-electron chi connectivity index (χ3n) is 8.93. The minimum atomic E-state index is -0.485. The van der Waals surface area contributed by atoms with Gasteiger partial charge in [0.1, 0.15) is 17.7 Å². The number of methoxy groups -OCH3 is 2. The van der Waals surface area contributed by atoms with E-state index in [9.17, 15) is 25.2 Å². The molecule has 268 valence electrons. The lowest BCUT2D eigenvalue weighted by molar-refractivity contribution is 0.0854. The number of hydrogen-bond acceptors (Lipinski definition) is 12. The summed E-state index contributed by atoms with van der Waals surface area (Å²) in [4.78, 5) is 18.6. The first kappa shape index (κ1) is 35.5. The zero-order valence-electron chi connectivity index (χ0n) is 28.3. The highest BCUT2D eigenvalue weighted by Gasteiger charge is 2.27. The fourth-order valence-corrected chi connectivity index (χ4v) is 6.18. The van der Waals surface area contributed by atoms with Crippen LogP contribution in [0.5, 0.6) is 23.0 Å². The Labute approximate surface area is 295 Å². The van der Waals surface area contributed by atoms with Crippen LogP contribution < -0.4 is 29.6 Å². The van der Waals surface area contributed by atoms with Gasteiger partial charge in [-0.3, -0.25) is 4.79 Å². The van der Waals surface area contributed by atoms with E-state index in [4.69, 9.17) is 23.8 Å². The second-order valence-corrected chi connectivity index (χ2v) is 12.0. The number of oxime groups is 1. The van der Waals surface area contributed by atoms with Gasteiger partial charge in [-0.1, -0.05) is 17.3 Å². The molecule has 2 unspecified atom stereocenters. The number of amides is 1. The molecule has 0 saturated heterocycles. The number of aliphatic hydroxyl groups is 4. The summed E-state index contributed by atoms with van der Waals surface area (Å²) in [5.41, 5.74) is 6.29. The quantitative estimate of drug-likeness (QED) is 0.0978. The number of anilines is 1. The van der Waals surface area contributed by atoms with E-state index in [-0.39, 0.29) is 38.4 Å². The predicted octanol–water partition coefficient (Wildman–Crippen LogP) is 4.24. The Morgan fingerprint density at radius 3 is 2.14 bits per heavy atom. The zero-order chi connectivity index (χ0) is 35.9. The van der Waals surface area contributed by atoms with E-state index < -0.39 is 6.17 Å². The molecule has 0 aliphatic carbocycles. The largest absolute Gasteiger partial charge is 0.497 e. The molecule has 13 nitrogen and oxygen atoms in total. The van der Waals surface area contributed by atoms with Crippen molar-refractivity contribution in [2.75, 3.05) is 32.8 Å². The number of carbonyl (C=O) groups excluding carboxylic acids is 1. The Morgan fingerprint density at radius 2 is 1.45 bits per heavy atom. The first-order valence-corrected chi connectivity index (χ1v) is 16.5. The van der Waals surface area contributed by atoms with E-state index in [1.807, 2.05) is 18.2 Å². The molecule has 2 atom stereocenters.